The zero-order valence-electron chi connectivity index (χ0n) is 15.4. The molecule has 0 aliphatic carbocycles. The molecule has 144 valence electrons. The predicted molar refractivity (Wildman–Crippen MR) is 102 cm³/mol. The van der Waals surface area contributed by atoms with Gasteiger partial charge in [-0.2, -0.15) is 4.31 Å². The van der Waals surface area contributed by atoms with E-state index in [4.69, 9.17) is 4.74 Å². The molecular formula is C19H22N2O5S. The van der Waals surface area contributed by atoms with Crippen molar-refractivity contribution in [2.45, 2.75) is 24.8 Å². The molecule has 0 atom stereocenters. The first-order valence-corrected chi connectivity index (χ1v) is 9.76. The second-order valence-electron chi connectivity index (χ2n) is 6.13. The number of ether oxygens (including phenoxy) is 1. The first-order valence-electron chi connectivity index (χ1n) is 8.32. The number of hydrogen-bond donors (Lipinski definition) is 1. The Morgan fingerprint density at radius 3 is 2.37 bits per heavy atom. The molecule has 2 rings (SSSR count). The predicted octanol–water partition coefficient (Wildman–Crippen LogP) is 2.51. The van der Waals surface area contributed by atoms with Crippen LogP contribution in [0, 0.1) is 0 Å². The molecule has 0 bridgehead atoms. The summed E-state index contributed by atoms with van der Waals surface area (Å²) in [4.78, 5) is 24.0. The first kappa shape index (κ1) is 20.6. The Kier molecular flexibility index (Phi) is 6.70. The van der Waals surface area contributed by atoms with Crippen molar-refractivity contribution in [1.82, 2.24) is 4.31 Å². The number of carbonyl (C=O) groups is 2. The lowest BCUT2D eigenvalue weighted by atomic mass is 10.2. The van der Waals surface area contributed by atoms with E-state index in [0.717, 1.165) is 0 Å². The number of nitrogens with zero attached hydrogens (tertiary/aromatic N) is 1. The molecule has 2 aromatic carbocycles. The summed E-state index contributed by atoms with van der Waals surface area (Å²) in [6.07, 6.45) is 0. The summed E-state index contributed by atoms with van der Waals surface area (Å²) in [5.41, 5.74) is 0.643. The summed E-state index contributed by atoms with van der Waals surface area (Å²) in [6, 6.07) is 14.1. The van der Waals surface area contributed by atoms with Crippen molar-refractivity contribution in [2.24, 2.45) is 0 Å². The standard InChI is InChI=1S/C19H22N2O5S/c1-14(2)21(3)27(24,25)17-11-7-8-15(12-17)19(23)26-13-18(22)20-16-9-5-4-6-10-16/h4-12,14H,13H2,1-3H3,(H,20,22). The van der Waals surface area contributed by atoms with Crippen LogP contribution >= 0.6 is 0 Å². The van der Waals surface area contributed by atoms with Crippen LogP contribution in [0.25, 0.3) is 0 Å². The van der Waals surface area contributed by atoms with Crippen LogP contribution in [0.2, 0.25) is 0 Å². The Morgan fingerprint density at radius 1 is 1.07 bits per heavy atom. The van der Waals surface area contributed by atoms with E-state index < -0.39 is 28.5 Å². The maximum atomic E-state index is 12.5. The molecule has 2 aromatic rings. The van der Waals surface area contributed by atoms with Crippen LogP contribution in [0.5, 0.6) is 0 Å². The van der Waals surface area contributed by atoms with Crippen LogP contribution in [-0.4, -0.2) is 44.3 Å². The fraction of sp³-hybridized carbons (Fsp3) is 0.263. The molecule has 7 nitrogen and oxygen atoms in total. The zero-order valence-corrected chi connectivity index (χ0v) is 16.2. The van der Waals surface area contributed by atoms with Crippen molar-refractivity contribution >= 4 is 27.6 Å². The maximum Gasteiger partial charge on any atom is 0.338 e. The molecule has 0 saturated heterocycles. The van der Waals surface area contributed by atoms with Gasteiger partial charge in [-0.3, -0.25) is 4.79 Å². The highest BCUT2D eigenvalue weighted by molar-refractivity contribution is 7.89. The maximum absolute atomic E-state index is 12.5. The first-order chi connectivity index (χ1) is 12.7. The molecule has 0 aromatic heterocycles. The Morgan fingerprint density at radius 2 is 1.74 bits per heavy atom. The largest absolute Gasteiger partial charge is 0.452 e. The van der Waals surface area contributed by atoms with Crippen LogP contribution in [0.3, 0.4) is 0 Å². The van der Waals surface area contributed by atoms with Gasteiger partial charge in [0.05, 0.1) is 10.5 Å². The molecule has 27 heavy (non-hydrogen) atoms. The van der Waals surface area contributed by atoms with Gasteiger partial charge in [-0.25, -0.2) is 13.2 Å². The second-order valence-corrected chi connectivity index (χ2v) is 8.13. The molecule has 0 heterocycles. The Hall–Kier alpha value is -2.71. The molecule has 0 fully saturated rings. The number of rotatable bonds is 7. The third kappa shape index (κ3) is 5.38. The Balaban J connectivity index is 2.04. The second kappa shape index (κ2) is 8.79. The highest BCUT2D eigenvalue weighted by atomic mass is 32.2. The Labute approximate surface area is 159 Å². The van der Waals surface area contributed by atoms with Gasteiger partial charge in [0.2, 0.25) is 10.0 Å². The SMILES string of the molecule is CC(C)N(C)S(=O)(=O)c1cccc(C(=O)OCC(=O)Nc2ccccc2)c1. The molecule has 0 spiro atoms. The van der Waals surface area contributed by atoms with E-state index in [2.05, 4.69) is 5.32 Å². The van der Waals surface area contributed by atoms with Gasteiger partial charge >= 0.3 is 5.97 Å². The van der Waals surface area contributed by atoms with Gasteiger partial charge < -0.3 is 10.1 Å². The minimum absolute atomic E-state index is 0.0121. The lowest BCUT2D eigenvalue weighted by molar-refractivity contribution is -0.119. The number of carbonyl (C=O) groups excluding carboxylic acids is 2. The van der Waals surface area contributed by atoms with Crippen molar-refractivity contribution < 1.29 is 22.7 Å². The van der Waals surface area contributed by atoms with Crippen LogP contribution in [0.1, 0.15) is 24.2 Å². The van der Waals surface area contributed by atoms with Crippen molar-refractivity contribution in [2.75, 3.05) is 19.0 Å². The van der Waals surface area contributed by atoms with Gasteiger partial charge in [0.1, 0.15) is 0 Å². The van der Waals surface area contributed by atoms with Crippen molar-refractivity contribution in [3.8, 4) is 0 Å². The number of esters is 1. The average Bonchev–Trinajstić information content (AvgIpc) is 2.66. The summed E-state index contributed by atoms with van der Waals surface area (Å²) in [5, 5.41) is 2.59. The summed E-state index contributed by atoms with van der Waals surface area (Å²) >= 11 is 0. The van der Waals surface area contributed by atoms with E-state index in [1.165, 1.54) is 35.6 Å². The lowest BCUT2D eigenvalue weighted by Gasteiger charge is -2.21. The molecular weight excluding hydrogens is 368 g/mol. The number of nitrogens with one attached hydrogen (secondary N) is 1. The normalized spacial score (nSPS) is 11.4. The van der Waals surface area contributed by atoms with E-state index >= 15 is 0 Å². The van der Waals surface area contributed by atoms with E-state index in [1.54, 1.807) is 38.1 Å². The topological polar surface area (TPSA) is 92.8 Å². The molecule has 0 unspecified atom stereocenters. The minimum atomic E-state index is -3.72. The number of anilines is 1. The molecule has 1 amide bonds. The van der Waals surface area contributed by atoms with Gasteiger partial charge in [0, 0.05) is 18.8 Å². The van der Waals surface area contributed by atoms with E-state index in [1.807, 2.05) is 6.07 Å². The van der Waals surface area contributed by atoms with Gasteiger partial charge in [-0.1, -0.05) is 24.3 Å². The summed E-state index contributed by atoms with van der Waals surface area (Å²) in [6.45, 7) is 3.03. The van der Waals surface area contributed by atoms with Crippen LogP contribution in [-0.2, 0) is 19.6 Å². The van der Waals surface area contributed by atoms with Crippen LogP contribution < -0.4 is 5.32 Å². The number of benzene rings is 2. The molecule has 0 radical (unpaired) electrons. The quantitative estimate of drug-likeness (QED) is 0.734. The summed E-state index contributed by atoms with van der Waals surface area (Å²) in [5.74, 6) is -1.26. The van der Waals surface area contributed by atoms with Gasteiger partial charge in [-0.15, -0.1) is 0 Å². The number of amides is 1. The lowest BCUT2D eigenvalue weighted by Crippen LogP contribution is -2.33. The number of para-hydroxylation sites is 1. The van der Waals surface area contributed by atoms with E-state index in [-0.39, 0.29) is 16.5 Å². The van der Waals surface area contributed by atoms with Gasteiger partial charge in [0.15, 0.2) is 6.61 Å². The summed E-state index contributed by atoms with van der Waals surface area (Å²) in [7, 11) is -2.25. The highest BCUT2D eigenvalue weighted by Crippen LogP contribution is 2.18. The van der Waals surface area contributed by atoms with E-state index in [9.17, 15) is 18.0 Å². The molecule has 0 aliphatic rings. The Bertz CT molecular complexity index is 911. The van der Waals surface area contributed by atoms with Crippen LogP contribution in [0.4, 0.5) is 5.69 Å². The fourth-order valence-corrected chi connectivity index (χ4v) is 3.57. The van der Waals surface area contributed by atoms with Gasteiger partial charge in [0.25, 0.3) is 5.91 Å². The third-order valence-corrected chi connectivity index (χ3v) is 5.90. The monoisotopic (exact) mass is 390 g/mol. The van der Waals surface area contributed by atoms with Crippen molar-refractivity contribution in [3.05, 3.63) is 60.2 Å². The zero-order chi connectivity index (χ0) is 20.0. The molecule has 0 aliphatic heterocycles. The van der Waals surface area contributed by atoms with Crippen molar-refractivity contribution in [1.29, 1.82) is 0 Å². The van der Waals surface area contributed by atoms with E-state index in [0.29, 0.717) is 5.69 Å². The third-order valence-electron chi connectivity index (χ3n) is 3.87. The number of hydrogen-bond acceptors (Lipinski definition) is 5. The van der Waals surface area contributed by atoms with Gasteiger partial charge in [-0.05, 0) is 44.2 Å². The smallest absolute Gasteiger partial charge is 0.338 e. The summed E-state index contributed by atoms with van der Waals surface area (Å²) < 4.78 is 31.2. The average molecular weight is 390 g/mol. The highest BCUT2D eigenvalue weighted by Gasteiger charge is 2.24. The molecule has 0 saturated carbocycles. The number of sulfonamides is 1. The minimum Gasteiger partial charge on any atom is -0.452 e. The van der Waals surface area contributed by atoms with Crippen LogP contribution in [0.15, 0.2) is 59.5 Å². The fourth-order valence-electron chi connectivity index (χ4n) is 2.16. The molecule has 8 heteroatoms. The molecule has 1 N–H and O–H groups in total. The van der Waals surface area contributed by atoms with Crippen molar-refractivity contribution in [3.63, 3.8) is 0 Å².